The average molecular weight is 332 g/mol. The van der Waals surface area contributed by atoms with Gasteiger partial charge in [0, 0.05) is 18.2 Å². The third-order valence-electron chi connectivity index (χ3n) is 3.53. The van der Waals surface area contributed by atoms with Crippen LogP contribution in [0.3, 0.4) is 0 Å². The highest BCUT2D eigenvalue weighted by atomic mass is 35.5. The van der Waals surface area contributed by atoms with Gasteiger partial charge in [0.15, 0.2) is 0 Å². The summed E-state index contributed by atoms with van der Waals surface area (Å²) in [6.45, 7) is 2.59. The zero-order valence-electron chi connectivity index (χ0n) is 13.2. The van der Waals surface area contributed by atoms with Gasteiger partial charge in [0.05, 0.1) is 10.7 Å². The highest BCUT2D eigenvalue weighted by molar-refractivity contribution is 6.33. The number of carbonyl (C=O) groups excluding carboxylic acids is 1. The number of hydrogen-bond donors (Lipinski definition) is 3. The third-order valence-corrected chi connectivity index (χ3v) is 3.85. The van der Waals surface area contributed by atoms with Gasteiger partial charge in [-0.1, -0.05) is 41.9 Å². The molecule has 0 bridgehead atoms. The summed E-state index contributed by atoms with van der Waals surface area (Å²) < 4.78 is 0. The van der Waals surface area contributed by atoms with Gasteiger partial charge in [-0.05, 0) is 43.7 Å². The van der Waals surface area contributed by atoms with E-state index in [-0.39, 0.29) is 11.9 Å². The molecule has 1 unspecified atom stereocenters. The first kappa shape index (κ1) is 17.3. The van der Waals surface area contributed by atoms with E-state index in [0.717, 1.165) is 5.69 Å². The van der Waals surface area contributed by atoms with E-state index < -0.39 is 0 Å². The van der Waals surface area contributed by atoms with Crippen LogP contribution >= 0.6 is 11.6 Å². The third kappa shape index (κ3) is 5.27. The van der Waals surface area contributed by atoms with Gasteiger partial charge in [-0.15, -0.1) is 0 Å². The Morgan fingerprint density at radius 3 is 2.61 bits per heavy atom. The molecule has 0 saturated carbocycles. The smallest absolute Gasteiger partial charge is 0.224 e. The summed E-state index contributed by atoms with van der Waals surface area (Å²) in [5, 5.41) is 6.78. The normalized spacial score (nSPS) is 11.8. The van der Waals surface area contributed by atoms with Crippen molar-refractivity contribution >= 4 is 28.9 Å². The van der Waals surface area contributed by atoms with E-state index >= 15 is 0 Å². The number of nitrogens with one attached hydrogen (secondary N) is 2. The number of amides is 1. The molecular formula is C18H22ClN3O. The quantitative estimate of drug-likeness (QED) is 0.712. The van der Waals surface area contributed by atoms with E-state index in [4.69, 9.17) is 17.3 Å². The van der Waals surface area contributed by atoms with Gasteiger partial charge in [-0.2, -0.15) is 0 Å². The van der Waals surface area contributed by atoms with Crippen LogP contribution in [0.2, 0.25) is 5.02 Å². The van der Waals surface area contributed by atoms with Gasteiger partial charge in [-0.3, -0.25) is 4.79 Å². The maximum atomic E-state index is 11.7. The number of halogens is 1. The largest absolute Gasteiger partial charge is 0.377 e. The predicted molar refractivity (Wildman–Crippen MR) is 96.8 cm³/mol. The molecule has 1 atom stereocenters. The number of anilines is 2. The summed E-state index contributed by atoms with van der Waals surface area (Å²) in [6.07, 6.45) is 1.09. The summed E-state index contributed by atoms with van der Waals surface area (Å²) >= 11 is 6.31. The topological polar surface area (TPSA) is 67.1 Å². The molecule has 1 amide bonds. The number of hydrogen-bond acceptors (Lipinski definition) is 3. The molecule has 5 heteroatoms. The Labute approximate surface area is 142 Å². The highest BCUT2D eigenvalue weighted by Crippen LogP contribution is 2.29. The second kappa shape index (κ2) is 8.56. The van der Waals surface area contributed by atoms with Gasteiger partial charge in [0.2, 0.25) is 5.91 Å². The Morgan fingerprint density at radius 1 is 1.22 bits per heavy atom. The Hall–Kier alpha value is -2.04. The van der Waals surface area contributed by atoms with Crippen LogP contribution in [-0.4, -0.2) is 12.5 Å². The van der Waals surface area contributed by atoms with E-state index in [2.05, 4.69) is 29.7 Å². The first-order valence-corrected chi connectivity index (χ1v) is 8.09. The van der Waals surface area contributed by atoms with E-state index in [0.29, 0.717) is 30.1 Å². The van der Waals surface area contributed by atoms with Crippen LogP contribution in [0.15, 0.2) is 48.5 Å². The van der Waals surface area contributed by atoms with E-state index in [1.807, 2.05) is 30.3 Å². The van der Waals surface area contributed by atoms with Crippen molar-refractivity contribution in [3.63, 3.8) is 0 Å². The van der Waals surface area contributed by atoms with E-state index in [1.165, 1.54) is 5.56 Å². The molecule has 0 aromatic heterocycles. The molecule has 122 valence electrons. The second-order valence-corrected chi connectivity index (χ2v) is 5.82. The minimum atomic E-state index is -0.0510. The molecule has 4 N–H and O–H groups in total. The molecule has 0 aliphatic heterocycles. The SMILES string of the molecule is CC(Nc1ccc(NC(=O)CCCN)cc1Cl)c1ccccc1. The molecule has 2 rings (SSSR count). The van der Waals surface area contributed by atoms with Crippen molar-refractivity contribution in [3.05, 3.63) is 59.1 Å². The molecule has 0 aliphatic carbocycles. The fraction of sp³-hybridized carbons (Fsp3) is 0.278. The molecule has 2 aromatic rings. The van der Waals surface area contributed by atoms with Crippen molar-refractivity contribution in [2.75, 3.05) is 17.2 Å². The van der Waals surface area contributed by atoms with Crippen molar-refractivity contribution in [1.29, 1.82) is 0 Å². The maximum Gasteiger partial charge on any atom is 0.224 e. The van der Waals surface area contributed by atoms with Crippen molar-refractivity contribution in [1.82, 2.24) is 0 Å². The number of carbonyl (C=O) groups is 1. The summed E-state index contributed by atoms with van der Waals surface area (Å²) in [7, 11) is 0. The van der Waals surface area contributed by atoms with Crippen LogP contribution < -0.4 is 16.4 Å². The van der Waals surface area contributed by atoms with Gasteiger partial charge < -0.3 is 16.4 Å². The lowest BCUT2D eigenvalue weighted by molar-refractivity contribution is -0.116. The molecule has 4 nitrogen and oxygen atoms in total. The Bertz CT molecular complexity index is 646. The zero-order valence-corrected chi connectivity index (χ0v) is 13.9. The summed E-state index contributed by atoms with van der Waals surface area (Å²) in [5.74, 6) is -0.0510. The molecule has 0 saturated heterocycles. The van der Waals surface area contributed by atoms with Crippen molar-refractivity contribution in [2.24, 2.45) is 5.73 Å². The lowest BCUT2D eigenvalue weighted by atomic mass is 10.1. The van der Waals surface area contributed by atoms with Crippen LogP contribution in [-0.2, 0) is 4.79 Å². The Morgan fingerprint density at radius 2 is 1.96 bits per heavy atom. The van der Waals surface area contributed by atoms with Crippen LogP contribution in [0.25, 0.3) is 0 Å². The standard InChI is InChI=1S/C18H22ClN3O/c1-13(14-6-3-2-4-7-14)21-17-10-9-15(12-16(17)19)22-18(23)8-5-11-20/h2-4,6-7,9-10,12-13,21H,5,8,11,20H2,1H3,(H,22,23). The van der Waals surface area contributed by atoms with Gasteiger partial charge >= 0.3 is 0 Å². The lowest BCUT2D eigenvalue weighted by Gasteiger charge is -2.17. The molecule has 0 spiro atoms. The fourth-order valence-electron chi connectivity index (χ4n) is 2.25. The van der Waals surface area contributed by atoms with Crippen LogP contribution in [0.1, 0.15) is 31.4 Å². The molecular weight excluding hydrogens is 310 g/mol. The minimum Gasteiger partial charge on any atom is -0.377 e. The lowest BCUT2D eigenvalue weighted by Crippen LogP contribution is -2.13. The molecule has 0 fully saturated rings. The van der Waals surface area contributed by atoms with Crippen molar-refractivity contribution in [3.8, 4) is 0 Å². The molecule has 0 heterocycles. The van der Waals surface area contributed by atoms with E-state index in [9.17, 15) is 4.79 Å². The first-order chi connectivity index (χ1) is 11.1. The molecule has 23 heavy (non-hydrogen) atoms. The predicted octanol–water partition coefficient (Wildman–Crippen LogP) is 4.19. The summed E-state index contributed by atoms with van der Waals surface area (Å²) in [5.41, 5.74) is 8.11. The summed E-state index contributed by atoms with van der Waals surface area (Å²) in [4.78, 5) is 11.7. The van der Waals surface area contributed by atoms with Gasteiger partial charge in [0.1, 0.15) is 0 Å². The van der Waals surface area contributed by atoms with Crippen molar-refractivity contribution < 1.29 is 4.79 Å². The number of benzene rings is 2. The zero-order chi connectivity index (χ0) is 16.7. The van der Waals surface area contributed by atoms with Crippen molar-refractivity contribution in [2.45, 2.75) is 25.8 Å². The second-order valence-electron chi connectivity index (χ2n) is 5.41. The van der Waals surface area contributed by atoms with E-state index in [1.54, 1.807) is 6.07 Å². The fourth-order valence-corrected chi connectivity index (χ4v) is 2.49. The minimum absolute atomic E-state index is 0.0510. The first-order valence-electron chi connectivity index (χ1n) is 7.71. The highest BCUT2D eigenvalue weighted by Gasteiger charge is 2.09. The molecule has 0 aliphatic rings. The van der Waals surface area contributed by atoms with Crippen LogP contribution in [0, 0.1) is 0 Å². The summed E-state index contributed by atoms with van der Waals surface area (Å²) in [6, 6.07) is 15.7. The van der Waals surface area contributed by atoms with Gasteiger partial charge in [0.25, 0.3) is 0 Å². The molecule has 2 aromatic carbocycles. The van der Waals surface area contributed by atoms with Crippen LogP contribution in [0.5, 0.6) is 0 Å². The monoisotopic (exact) mass is 331 g/mol. The Kier molecular flexibility index (Phi) is 6.44. The Balaban J connectivity index is 2.00. The average Bonchev–Trinajstić information content (AvgIpc) is 2.56. The van der Waals surface area contributed by atoms with Gasteiger partial charge in [-0.25, -0.2) is 0 Å². The molecule has 0 radical (unpaired) electrons. The van der Waals surface area contributed by atoms with Crippen LogP contribution in [0.4, 0.5) is 11.4 Å². The number of nitrogens with two attached hydrogens (primary N) is 1. The maximum absolute atomic E-state index is 11.7. The number of rotatable bonds is 7.